The van der Waals surface area contributed by atoms with E-state index in [1.807, 2.05) is 18.4 Å². The molecule has 2 aromatic rings. The zero-order chi connectivity index (χ0) is 10.1. The number of carbonyl (C=O) groups excluding carboxylic acids is 1. The molecule has 68 valence electrons. The Labute approximate surface area is 85.4 Å². The number of aldehydes is 1. The van der Waals surface area contributed by atoms with Crippen molar-refractivity contribution in [3.8, 4) is 6.07 Å². The molecule has 0 spiro atoms. The molecule has 0 fully saturated rings. The van der Waals surface area contributed by atoms with Crippen molar-refractivity contribution in [2.75, 3.05) is 0 Å². The fourth-order valence-electron chi connectivity index (χ4n) is 1.52. The molecular formula is C11H7NOS. The lowest BCUT2D eigenvalue weighted by molar-refractivity contribution is 0.112. The number of thiophene rings is 1. The van der Waals surface area contributed by atoms with Crippen molar-refractivity contribution < 1.29 is 4.79 Å². The van der Waals surface area contributed by atoms with Gasteiger partial charge in [0.2, 0.25) is 0 Å². The van der Waals surface area contributed by atoms with E-state index >= 15 is 0 Å². The second-order valence-corrected chi connectivity index (χ2v) is 4.00. The molecule has 0 unspecified atom stereocenters. The molecule has 0 amide bonds. The lowest BCUT2D eigenvalue weighted by Gasteiger charge is -1.97. The Morgan fingerprint density at radius 2 is 2.29 bits per heavy atom. The number of hydrogen-bond acceptors (Lipinski definition) is 3. The molecule has 3 heteroatoms. The normalized spacial score (nSPS) is 10.0. The van der Waals surface area contributed by atoms with E-state index < -0.39 is 0 Å². The Morgan fingerprint density at radius 1 is 1.50 bits per heavy atom. The monoisotopic (exact) mass is 201 g/mol. The fraction of sp³-hybridized carbons (Fsp3) is 0.0909. The first-order valence-corrected chi connectivity index (χ1v) is 5.01. The Hall–Kier alpha value is -1.66. The highest BCUT2D eigenvalue weighted by molar-refractivity contribution is 7.17. The summed E-state index contributed by atoms with van der Waals surface area (Å²) in [5.41, 5.74) is 2.25. The molecule has 2 rings (SSSR count). The second kappa shape index (κ2) is 3.24. The van der Waals surface area contributed by atoms with Crippen LogP contribution in [0.5, 0.6) is 0 Å². The van der Waals surface area contributed by atoms with Gasteiger partial charge < -0.3 is 0 Å². The van der Waals surface area contributed by atoms with E-state index in [0.29, 0.717) is 11.1 Å². The first-order valence-electron chi connectivity index (χ1n) is 4.13. The van der Waals surface area contributed by atoms with Gasteiger partial charge in [0.1, 0.15) is 0 Å². The summed E-state index contributed by atoms with van der Waals surface area (Å²) >= 11 is 1.56. The smallest absolute Gasteiger partial charge is 0.150 e. The zero-order valence-corrected chi connectivity index (χ0v) is 8.39. The van der Waals surface area contributed by atoms with E-state index in [1.165, 1.54) is 0 Å². The van der Waals surface area contributed by atoms with Gasteiger partial charge in [0.15, 0.2) is 6.29 Å². The predicted octanol–water partition coefficient (Wildman–Crippen LogP) is 2.89. The molecule has 1 aromatic carbocycles. The van der Waals surface area contributed by atoms with Gasteiger partial charge in [0.25, 0.3) is 0 Å². The van der Waals surface area contributed by atoms with Crippen LogP contribution >= 0.6 is 11.3 Å². The maximum absolute atomic E-state index is 10.8. The average molecular weight is 201 g/mol. The summed E-state index contributed by atoms with van der Waals surface area (Å²) in [7, 11) is 0. The van der Waals surface area contributed by atoms with Crippen LogP contribution in [0.4, 0.5) is 0 Å². The fourth-order valence-corrected chi connectivity index (χ4v) is 2.53. The SMILES string of the molecule is Cc1csc2cc(C#N)cc(C=O)c12. The van der Waals surface area contributed by atoms with E-state index in [-0.39, 0.29) is 0 Å². The van der Waals surface area contributed by atoms with Crippen LogP contribution < -0.4 is 0 Å². The number of hydrogen-bond donors (Lipinski definition) is 0. The van der Waals surface area contributed by atoms with Crippen LogP contribution in [0.25, 0.3) is 10.1 Å². The lowest BCUT2D eigenvalue weighted by Crippen LogP contribution is -1.84. The van der Waals surface area contributed by atoms with Gasteiger partial charge in [-0.2, -0.15) is 5.26 Å². The van der Waals surface area contributed by atoms with E-state index in [2.05, 4.69) is 6.07 Å². The summed E-state index contributed by atoms with van der Waals surface area (Å²) in [4.78, 5) is 10.8. The Bertz CT molecular complexity index is 548. The number of nitrogens with zero attached hydrogens (tertiary/aromatic N) is 1. The summed E-state index contributed by atoms with van der Waals surface area (Å²) in [6.07, 6.45) is 0.808. The van der Waals surface area contributed by atoms with Gasteiger partial charge in [0.05, 0.1) is 11.6 Å². The van der Waals surface area contributed by atoms with Gasteiger partial charge >= 0.3 is 0 Å². The number of aryl methyl sites for hydroxylation is 1. The standard InChI is InChI=1S/C11H7NOS/c1-7-6-14-10-3-8(4-12)2-9(5-13)11(7)10/h2-3,5-6H,1H3. The third-order valence-corrected chi connectivity index (χ3v) is 3.19. The van der Waals surface area contributed by atoms with Crippen LogP contribution in [0.2, 0.25) is 0 Å². The van der Waals surface area contributed by atoms with Crippen LogP contribution in [0.3, 0.4) is 0 Å². The summed E-state index contributed by atoms with van der Waals surface area (Å²) in [5, 5.41) is 11.7. The average Bonchev–Trinajstić information content (AvgIpc) is 2.59. The molecular weight excluding hydrogens is 194 g/mol. The quantitative estimate of drug-likeness (QED) is 0.665. The highest BCUT2D eigenvalue weighted by atomic mass is 32.1. The van der Waals surface area contributed by atoms with Crippen LogP contribution in [0.1, 0.15) is 21.5 Å². The van der Waals surface area contributed by atoms with Crippen LogP contribution in [-0.4, -0.2) is 6.29 Å². The molecule has 0 aliphatic carbocycles. The third-order valence-electron chi connectivity index (χ3n) is 2.15. The summed E-state index contributed by atoms with van der Waals surface area (Å²) in [6.45, 7) is 1.97. The van der Waals surface area contributed by atoms with Crippen molar-refractivity contribution >= 4 is 27.7 Å². The van der Waals surface area contributed by atoms with Gasteiger partial charge in [-0.1, -0.05) is 0 Å². The maximum Gasteiger partial charge on any atom is 0.150 e. The maximum atomic E-state index is 10.8. The number of benzene rings is 1. The molecule has 0 aliphatic heterocycles. The first-order chi connectivity index (χ1) is 6.76. The number of carbonyl (C=O) groups is 1. The van der Waals surface area contributed by atoms with Gasteiger partial charge in [0, 0.05) is 15.6 Å². The number of fused-ring (bicyclic) bond motifs is 1. The molecule has 1 aromatic heterocycles. The largest absolute Gasteiger partial charge is 0.298 e. The first kappa shape index (κ1) is 8.92. The molecule has 0 radical (unpaired) electrons. The highest BCUT2D eigenvalue weighted by Crippen LogP contribution is 2.28. The van der Waals surface area contributed by atoms with Crippen molar-refractivity contribution in [2.45, 2.75) is 6.92 Å². The van der Waals surface area contributed by atoms with Gasteiger partial charge in [-0.3, -0.25) is 4.79 Å². The molecule has 1 heterocycles. The molecule has 0 saturated heterocycles. The number of nitriles is 1. The molecule has 0 aliphatic rings. The summed E-state index contributed by atoms with van der Waals surface area (Å²) in [5.74, 6) is 0. The van der Waals surface area contributed by atoms with Crippen LogP contribution in [0.15, 0.2) is 17.5 Å². The Balaban J connectivity index is 2.91. The van der Waals surface area contributed by atoms with E-state index in [0.717, 1.165) is 21.9 Å². The van der Waals surface area contributed by atoms with Crippen molar-refractivity contribution in [3.63, 3.8) is 0 Å². The molecule has 14 heavy (non-hydrogen) atoms. The van der Waals surface area contributed by atoms with Crippen LogP contribution in [0, 0.1) is 18.3 Å². The Morgan fingerprint density at radius 3 is 2.93 bits per heavy atom. The van der Waals surface area contributed by atoms with Gasteiger partial charge in [-0.15, -0.1) is 11.3 Å². The van der Waals surface area contributed by atoms with Crippen molar-refractivity contribution in [1.82, 2.24) is 0 Å². The summed E-state index contributed by atoms with van der Waals surface area (Å²) in [6, 6.07) is 5.50. The van der Waals surface area contributed by atoms with E-state index in [9.17, 15) is 4.79 Å². The number of rotatable bonds is 1. The van der Waals surface area contributed by atoms with E-state index in [4.69, 9.17) is 5.26 Å². The van der Waals surface area contributed by atoms with Crippen molar-refractivity contribution in [2.24, 2.45) is 0 Å². The third kappa shape index (κ3) is 1.21. The second-order valence-electron chi connectivity index (χ2n) is 3.09. The van der Waals surface area contributed by atoms with Crippen molar-refractivity contribution in [1.29, 1.82) is 5.26 Å². The van der Waals surface area contributed by atoms with Crippen LogP contribution in [-0.2, 0) is 0 Å². The molecule has 0 atom stereocenters. The van der Waals surface area contributed by atoms with Gasteiger partial charge in [-0.05, 0) is 30.0 Å². The molecule has 0 bridgehead atoms. The minimum absolute atomic E-state index is 0.543. The minimum Gasteiger partial charge on any atom is -0.298 e. The predicted molar refractivity (Wildman–Crippen MR) is 56.7 cm³/mol. The topological polar surface area (TPSA) is 40.9 Å². The van der Waals surface area contributed by atoms with E-state index in [1.54, 1.807) is 17.4 Å². The summed E-state index contributed by atoms with van der Waals surface area (Å²) < 4.78 is 1.00. The van der Waals surface area contributed by atoms with Gasteiger partial charge in [-0.25, -0.2) is 0 Å². The minimum atomic E-state index is 0.543. The molecule has 0 saturated carbocycles. The molecule has 2 nitrogen and oxygen atoms in total. The van der Waals surface area contributed by atoms with Crippen molar-refractivity contribution in [3.05, 3.63) is 34.2 Å². The molecule has 0 N–H and O–H groups in total. The zero-order valence-electron chi connectivity index (χ0n) is 7.57. The highest BCUT2D eigenvalue weighted by Gasteiger charge is 2.07. The Kier molecular flexibility index (Phi) is 2.06. The lowest BCUT2D eigenvalue weighted by atomic mass is 10.1.